The molecule has 0 fully saturated rings. The average Bonchev–Trinajstić information content (AvgIpc) is 2.70. The lowest BCUT2D eigenvalue weighted by Gasteiger charge is -2.12. The first kappa shape index (κ1) is 14.1. The molecular formula is C12H19NO3S. The van der Waals surface area contributed by atoms with E-state index in [0.717, 1.165) is 23.5 Å². The molecule has 0 spiro atoms. The van der Waals surface area contributed by atoms with Gasteiger partial charge >= 0.3 is 5.97 Å². The van der Waals surface area contributed by atoms with Crippen LogP contribution in [0.5, 0.6) is 0 Å². The molecule has 0 aliphatic heterocycles. The zero-order chi connectivity index (χ0) is 12.8. The van der Waals surface area contributed by atoms with E-state index in [1.807, 2.05) is 13.8 Å². The van der Waals surface area contributed by atoms with E-state index < -0.39 is 0 Å². The highest BCUT2D eigenvalue weighted by Crippen LogP contribution is 2.29. The number of carbonyl (C=O) groups is 1. The molecule has 0 saturated carbocycles. The number of methoxy groups -OCH3 is 1. The standard InChI is InChI=1S/C12H19NO3S/c1-5-7-9(16-6-2)11-13-8(3)10(17-11)12(14)15-4/h9H,5-7H2,1-4H3. The van der Waals surface area contributed by atoms with Gasteiger partial charge in [0.25, 0.3) is 0 Å². The Morgan fingerprint density at radius 1 is 1.47 bits per heavy atom. The van der Waals surface area contributed by atoms with E-state index >= 15 is 0 Å². The van der Waals surface area contributed by atoms with Crippen LogP contribution >= 0.6 is 11.3 Å². The van der Waals surface area contributed by atoms with Crippen molar-refractivity contribution in [2.75, 3.05) is 13.7 Å². The van der Waals surface area contributed by atoms with Crippen LogP contribution in [0.1, 0.15) is 53.2 Å². The smallest absolute Gasteiger partial charge is 0.349 e. The van der Waals surface area contributed by atoms with Gasteiger partial charge in [0.1, 0.15) is 16.0 Å². The number of ether oxygens (including phenoxy) is 2. The fourth-order valence-corrected chi connectivity index (χ4v) is 2.65. The highest BCUT2D eigenvalue weighted by atomic mass is 32.1. The van der Waals surface area contributed by atoms with E-state index in [4.69, 9.17) is 9.47 Å². The Morgan fingerprint density at radius 3 is 2.71 bits per heavy atom. The number of rotatable bonds is 6. The van der Waals surface area contributed by atoms with Crippen LogP contribution in [0.3, 0.4) is 0 Å². The molecule has 0 N–H and O–H groups in total. The van der Waals surface area contributed by atoms with Gasteiger partial charge in [-0.1, -0.05) is 13.3 Å². The fraction of sp³-hybridized carbons (Fsp3) is 0.667. The molecule has 0 aromatic carbocycles. The molecule has 5 heteroatoms. The number of esters is 1. The van der Waals surface area contributed by atoms with Gasteiger partial charge in [-0.25, -0.2) is 9.78 Å². The quantitative estimate of drug-likeness (QED) is 0.735. The lowest BCUT2D eigenvalue weighted by Crippen LogP contribution is -2.03. The number of hydrogen-bond donors (Lipinski definition) is 0. The Bertz CT molecular complexity index is 370. The Hall–Kier alpha value is -0.940. The molecule has 17 heavy (non-hydrogen) atoms. The number of hydrogen-bond acceptors (Lipinski definition) is 5. The Labute approximate surface area is 106 Å². The SMILES string of the molecule is CCCC(OCC)c1nc(C)c(C(=O)OC)s1. The van der Waals surface area contributed by atoms with Crippen LogP contribution in [0, 0.1) is 6.92 Å². The lowest BCUT2D eigenvalue weighted by atomic mass is 10.2. The van der Waals surface area contributed by atoms with E-state index in [1.165, 1.54) is 18.4 Å². The molecule has 1 rings (SSSR count). The van der Waals surface area contributed by atoms with E-state index in [2.05, 4.69) is 11.9 Å². The van der Waals surface area contributed by atoms with Crippen molar-refractivity contribution in [3.05, 3.63) is 15.6 Å². The molecule has 1 atom stereocenters. The summed E-state index contributed by atoms with van der Waals surface area (Å²) in [6.45, 7) is 6.54. The van der Waals surface area contributed by atoms with Crippen molar-refractivity contribution in [1.29, 1.82) is 0 Å². The zero-order valence-corrected chi connectivity index (χ0v) is 11.6. The van der Waals surface area contributed by atoms with Crippen LogP contribution < -0.4 is 0 Å². The molecule has 0 amide bonds. The molecule has 1 aromatic rings. The van der Waals surface area contributed by atoms with Crippen LogP contribution in [-0.2, 0) is 9.47 Å². The molecule has 0 saturated heterocycles. The van der Waals surface area contributed by atoms with Crippen LogP contribution in [0.2, 0.25) is 0 Å². The zero-order valence-electron chi connectivity index (χ0n) is 10.8. The van der Waals surface area contributed by atoms with E-state index in [-0.39, 0.29) is 12.1 Å². The topological polar surface area (TPSA) is 48.4 Å². The maximum absolute atomic E-state index is 11.5. The summed E-state index contributed by atoms with van der Waals surface area (Å²) in [5, 5.41) is 0.867. The first-order valence-corrected chi connectivity index (χ1v) is 6.62. The largest absolute Gasteiger partial charge is 0.465 e. The van der Waals surface area contributed by atoms with Crippen molar-refractivity contribution in [3.8, 4) is 0 Å². The molecule has 1 unspecified atom stereocenters. The minimum atomic E-state index is -0.321. The van der Waals surface area contributed by atoms with E-state index in [9.17, 15) is 4.79 Å². The average molecular weight is 257 g/mol. The summed E-state index contributed by atoms with van der Waals surface area (Å²) in [5.74, 6) is -0.321. The Kier molecular flexibility index (Phi) is 5.58. The van der Waals surface area contributed by atoms with Gasteiger partial charge in [-0.2, -0.15) is 0 Å². The number of carbonyl (C=O) groups excluding carboxylic acids is 1. The normalized spacial score (nSPS) is 12.5. The number of aromatic nitrogens is 1. The summed E-state index contributed by atoms with van der Waals surface area (Å²) in [5.41, 5.74) is 0.720. The van der Waals surface area contributed by atoms with E-state index in [1.54, 1.807) is 0 Å². The van der Waals surface area contributed by atoms with Crippen LogP contribution in [0.15, 0.2) is 0 Å². The minimum absolute atomic E-state index is 0.00731. The van der Waals surface area contributed by atoms with Crippen LogP contribution in [0.4, 0.5) is 0 Å². The van der Waals surface area contributed by atoms with Crippen molar-refractivity contribution in [2.45, 2.75) is 39.7 Å². The summed E-state index contributed by atoms with van der Waals surface area (Å²) < 4.78 is 10.4. The molecule has 0 aliphatic carbocycles. The summed E-state index contributed by atoms with van der Waals surface area (Å²) >= 11 is 1.37. The predicted molar refractivity (Wildman–Crippen MR) is 67.5 cm³/mol. The third-order valence-corrected chi connectivity index (χ3v) is 3.61. The van der Waals surface area contributed by atoms with E-state index in [0.29, 0.717) is 11.5 Å². The highest BCUT2D eigenvalue weighted by molar-refractivity contribution is 7.13. The molecule has 96 valence electrons. The monoisotopic (exact) mass is 257 g/mol. The minimum Gasteiger partial charge on any atom is -0.465 e. The van der Waals surface area contributed by atoms with Gasteiger partial charge in [-0.05, 0) is 20.3 Å². The molecular weight excluding hydrogens is 238 g/mol. The molecule has 0 bridgehead atoms. The second-order valence-corrected chi connectivity index (χ2v) is 4.72. The van der Waals surface area contributed by atoms with Crippen molar-refractivity contribution in [2.24, 2.45) is 0 Å². The van der Waals surface area contributed by atoms with Gasteiger partial charge in [0.15, 0.2) is 0 Å². The third-order valence-electron chi connectivity index (χ3n) is 2.38. The molecule has 1 aromatic heterocycles. The first-order valence-electron chi connectivity index (χ1n) is 5.81. The number of aryl methyl sites for hydroxylation is 1. The molecule has 4 nitrogen and oxygen atoms in total. The molecule has 0 radical (unpaired) electrons. The van der Waals surface area contributed by atoms with Gasteiger partial charge in [-0.3, -0.25) is 0 Å². The van der Waals surface area contributed by atoms with Crippen molar-refractivity contribution < 1.29 is 14.3 Å². The summed E-state index contributed by atoms with van der Waals surface area (Å²) in [4.78, 5) is 16.5. The number of thiazole rings is 1. The van der Waals surface area contributed by atoms with Gasteiger partial charge in [0.2, 0.25) is 0 Å². The molecule has 1 heterocycles. The van der Waals surface area contributed by atoms with Crippen molar-refractivity contribution in [1.82, 2.24) is 4.98 Å². The second kappa shape index (κ2) is 6.71. The van der Waals surface area contributed by atoms with Crippen LogP contribution in [0.25, 0.3) is 0 Å². The van der Waals surface area contributed by atoms with Gasteiger partial charge in [0.05, 0.1) is 12.8 Å². The predicted octanol–water partition coefficient (Wildman–Crippen LogP) is 3.12. The Morgan fingerprint density at radius 2 is 2.18 bits per heavy atom. The Balaban J connectivity index is 2.93. The third kappa shape index (κ3) is 3.51. The molecule has 0 aliphatic rings. The van der Waals surface area contributed by atoms with Gasteiger partial charge in [-0.15, -0.1) is 11.3 Å². The summed E-state index contributed by atoms with van der Waals surface area (Å²) in [6, 6.07) is 0. The number of nitrogens with zero attached hydrogens (tertiary/aromatic N) is 1. The lowest BCUT2D eigenvalue weighted by molar-refractivity contribution is 0.0554. The van der Waals surface area contributed by atoms with Gasteiger partial charge in [0, 0.05) is 6.61 Å². The maximum Gasteiger partial charge on any atom is 0.349 e. The maximum atomic E-state index is 11.5. The highest BCUT2D eigenvalue weighted by Gasteiger charge is 2.21. The van der Waals surface area contributed by atoms with Crippen LogP contribution in [-0.4, -0.2) is 24.7 Å². The summed E-state index contributed by atoms with van der Waals surface area (Å²) in [6.07, 6.45) is 1.94. The van der Waals surface area contributed by atoms with Gasteiger partial charge < -0.3 is 9.47 Å². The summed E-state index contributed by atoms with van der Waals surface area (Å²) in [7, 11) is 1.38. The second-order valence-electron chi connectivity index (χ2n) is 3.69. The first-order chi connectivity index (χ1) is 8.13. The fourth-order valence-electron chi connectivity index (χ4n) is 1.58. The van der Waals surface area contributed by atoms with Crippen molar-refractivity contribution in [3.63, 3.8) is 0 Å². The van der Waals surface area contributed by atoms with Crippen molar-refractivity contribution >= 4 is 17.3 Å².